The zero-order chi connectivity index (χ0) is 9.84. The number of rotatable bonds is 3. The maximum absolute atomic E-state index is 5.98. The lowest BCUT2D eigenvalue weighted by Crippen LogP contribution is -2.10. The number of benzene rings is 1. The molecule has 0 amide bonds. The van der Waals surface area contributed by atoms with Gasteiger partial charge in [0, 0.05) is 10.5 Å². The first kappa shape index (κ1) is 10.5. The average Bonchev–Trinajstić information content (AvgIpc) is 2.10. The van der Waals surface area contributed by atoms with Gasteiger partial charge < -0.3 is 5.73 Å². The molecule has 0 spiro atoms. The molecule has 2 N–H and O–H groups in total. The Bertz CT molecular complexity index is 307. The third kappa shape index (κ3) is 2.42. The molecule has 0 aliphatic carbocycles. The summed E-state index contributed by atoms with van der Waals surface area (Å²) in [5, 5.41) is 0. The number of halogens is 1. The molecule has 0 fully saturated rings. The summed E-state index contributed by atoms with van der Waals surface area (Å²) in [5.74, 6) is 0. The van der Waals surface area contributed by atoms with Gasteiger partial charge >= 0.3 is 0 Å². The second-order valence-electron chi connectivity index (χ2n) is 3.08. The van der Waals surface area contributed by atoms with E-state index in [1.807, 2.05) is 18.2 Å². The minimum atomic E-state index is 0.0648. The minimum Gasteiger partial charge on any atom is -0.324 e. The maximum atomic E-state index is 5.98. The van der Waals surface area contributed by atoms with E-state index < -0.39 is 0 Å². The Labute approximate surface area is 87.8 Å². The largest absolute Gasteiger partial charge is 0.324 e. The zero-order valence-electron chi connectivity index (χ0n) is 7.76. The molecular formula is C11H14BrN. The van der Waals surface area contributed by atoms with E-state index in [0.717, 1.165) is 10.9 Å². The quantitative estimate of drug-likeness (QED) is 0.805. The molecule has 0 heterocycles. The molecule has 0 aliphatic heterocycles. The van der Waals surface area contributed by atoms with Crippen LogP contribution in [0.2, 0.25) is 0 Å². The molecule has 0 aliphatic rings. The van der Waals surface area contributed by atoms with Crippen LogP contribution in [0.3, 0.4) is 0 Å². The number of hydrogen-bond acceptors (Lipinski definition) is 1. The van der Waals surface area contributed by atoms with Gasteiger partial charge in [0.2, 0.25) is 0 Å². The highest BCUT2D eigenvalue weighted by Crippen LogP contribution is 2.24. The Balaban J connectivity index is 3.00. The Hall–Kier alpha value is -0.600. The first-order valence-electron chi connectivity index (χ1n) is 4.28. The summed E-state index contributed by atoms with van der Waals surface area (Å²) in [5.41, 5.74) is 8.39. The lowest BCUT2D eigenvalue weighted by atomic mass is 10.00. The van der Waals surface area contributed by atoms with E-state index >= 15 is 0 Å². The molecule has 1 aromatic carbocycles. The molecule has 1 atom stereocenters. The summed E-state index contributed by atoms with van der Waals surface area (Å²) in [6.45, 7) is 5.76. The molecule has 0 saturated heterocycles. The monoisotopic (exact) mass is 239 g/mol. The van der Waals surface area contributed by atoms with Crippen molar-refractivity contribution < 1.29 is 0 Å². The molecule has 0 saturated carbocycles. The summed E-state index contributed by atoms with van der Waals surface area (Å²) in [6, 6.07) is 6.17. The highest BCUT2D eigenvalue weighted by molar-refractivity contribution is 9.10. The van der Waals surface area contributed by atoms with E-state index in [4.69, 9.17) is 5.73 Å². The molecule has 1 nitrogen and oxygen atoms in total. The zero-order valence-corrected chi connectivity index (χ0v) is 9.34. The summed E-state index contributed by atoms with van der Waals surface area (Å²) in [6.07, 6.45) is 2.67. The predicted molar refractivity (Wildman–Crippen MR) is 60.6 cm³/mol. The topological polar surface area (TPSA) is 26.0 Å². The lowest BCUT2D eigenvalue weighted by Gasteiger charge is -2.13. The van der Waals surface area contributed by atoms with Crippen LogP contribution < -0.4 is 5.73 Å². The smallest absolute Gasteiger partial charge is 0.0332 e. The van der Waals surface area contributed by atoms with Crippen LogP contribution in [-0.4, -0.2) is 0 Å². The van der Waals surface area contributed by atoms with Gasteiger partial charge in [0.25, 0.3) is 0 Å². The SMILES string of the molecule is C=CC[C@H](N)c1cccc(Br)c1C. The fraction of sp³-hybridized carbons (Fsp3) is 0.273. The Morgan fingerprint density at radius 3 is 2.92 bits per heavy atom. The Morgan fingerprint density at radius 1 is 1.62 bits per heavy atom. The van der Waals surface area contributed by atoms with Crippen molar-refractivity contribution in [2.24, 2.45) is 5.73 Å². The Kier molecular flexibility index (Phi) is 3.70. The molecule has 1 aromatic rings. The molecule has 0 bridgehead atoms. The predicted octanol–water partition coefficient (Wildman–Crippen LogP) is 3.33. The van der Waals surface area contributed by atoms with Crippen molar-refractivity contribution in [3.05, 3.63) is 46.5 Å². The van der Waals surface area contributed by atoms with E-state index in [1.165, 1.54) is 11.1 Å². The summed E-state index contributed by atoms with van der Waals surface area (Å²) < 4.78 is 1.12. The van der Waals surface area contributed by atoms with Gasteiger partial charge in [-0.25, -0.2) is 0 Å². The van der Waals surface area contributed by atoms with Crippen LogP contribution in [0.4, 0.5) is 0 Å². The third-order valence-corrected chi connectivity index (χ3v) is 2.99. The van der Waals surface area contributed by atoms with Crippen LogP contribution in [-0.2, 0) is 0 Å². The summed E-state index contributed by atoms with van der Waals surface area (Å²) in [4.78, 5) is 0. The van der Waals surface area contributed by atoms with Crippen LogP contribution in [0.5, 0.6) is 0 Å². The van der Waals surface area contributed by atoms with Gasteiger partial charge in [-0.1, -0.05) is 34.1 Å². The molecule has 13 heavy (non-hydrogen) atoms. The highest BCUT2D eigenvalue weighted by atomic mass is 79.9. The fourth-order valence-electron chi connectivity index (χ4n) is 1.33. The van der Waals surface area contributed by atoms with Crippen molar-refractivity contribution in [3.8, 4) is 0 Å². The van der Waals surface area contributed by atoms with E-state index in [-0.39, 0.29) is 6.04 Å². The molecule has 2 heteroatoms. The molecule has 0 aromatic heterocycles. The van der Waals surface area contributed by atoms with Gasteiger partial charge in [0.15, 0.2) is 0 Å². The van der Waals surface area contributed by atoms with Gasteiger partial charge in [0.05, 0.1) is 0 Å². The van der Waals surface area contributed by atoms with Gasteiger partial charge in [-0.15, -0.1) is 6.58 Å². The van der Waals surface area contributed by atoms with Crippen molar-refractivity contribution in [2.45, 2.75) is 19.4 Å². The Morgan fingerprint density at radius 2 is 2.31 bits per heavy atom. The van der Waals surface area contributed by atoms with Crippen molar-refractivity contribution >= 4 is 15.9 Å². The van der Waals surface area contributed by atoms with Gasteiger partial charge in [-0.2, -0.15) is 0 Å². The van der Waals surface area contributed by atoms with Crippen LogP contribution in [0.25, 0.3) is 0 Å². The standard InChI is InChI=1S/C11H14BrN/c1-3-5-11(13)9-6-4-7-10(12)8(9)2/h3-4,6-7,11H,1,5,13H2,2H3/t11-/m0/s1. The normalized spacial score (nSPS) is 12.5. The van der Waals surface area contributed by atoms with Crippen LogP contribution >= 0.6 is 15.9 Å². The second-order valence-corrected chi connectivity index (χ2v) is 3.94. The maximum Gasteiger partial charge on any atom is 0.0332 e. The lowest BCUT2D eigenvalue weighted by molar-refractivity contribution is 0.735. The van der Waals surface area contributed by atoms with E-state index in [0.29, 0.717) is 0 Å². The van der Waals surface area contributed by atoms with Crippen molar-refractivity contribution in [3.63, 3.8) is 0 Å². The number of nitrogens with two attached hydrogens (primary N) is 1. The van der Waals surface area contributed by atoms with E-state index in [1.54, 1.807) is 0 Å². The van der Waals surface area contributed by atoms with Gasteiger partial charge in [-0.05, 0) is 30.5 Å². The first-order valence-corrected chi connectivity index (χ1v) is 5.07. The van der Waals surface area contributed by atoms with Crippen LogP contribution in [0.15, 0.2) is 35.3 Å². The van der Waals surface area contributed by atoms with Crippen LogP contribution in [0, 0.1) is 6.92 Å². The minimum absolute atomic E-state index is 0.0648. The van der Waals surface area contributed by atoms with Gasteiger partial charge in [-0.3, -0.25) is 0 Å². The summed E-state index contributed by atoms with van der Waals surface area (Å²) >= 11 is 3.48. The van der Waals surface area contributed by atoms with Crippen LogP contribution in [0.1, 0.15) is 23.6 Å². The highest BCUT2D eigenvalue weighted by Gasteiger charge is 2.08. The first-order chi connectivity index (χ1) is 6.16. The molecule has 1 rings (SSSR count). The fourth-order valence-corrected chi connectivity index (χ4v) is 1.71. The number of hydrogen-bond donors (Lipinski definition) is 1. The van der Waals surface area contributed by atoms with E-state index in [9.17, 15) is 0 Å². The third-order valence-electron chi connectivity index (χ3n) is 2.13. The second kappa shape index (κ2) is 4.58. The van der Waals surface area contributed by atoms with E-state index in [2.05, 4.69) is 35.5 Å². The average molecular weight is 240 g/mol. The molecular weight excluding hydrogens is 226 g/mol. The molecule has 0 radical (unpaired) electrons. The molecule has 70 valence electrons. The van der Waals surface area contributed by atoms with Crippen molar-refractivity contribution in [1.82, 2.24) is 0 Å². The van der Waals surface area contributed by atoms with Crippen molar-refractivity contribution in [1.29, 1.82) is 0 Å². The summed E-state index contributed by atoms with van der Waals surface area (Å²) in [7, 11) is 0. The van der Waals surface area contributed by atoms with Gasteiger partial charge in [0.1, 0.15) is 0 Å². The van der Waals surface area contributed by atoms with Crippen molar-refractivity contribution in [2.75, 3.05) is 0 Å². The molecule has 0 unspecified atom stereocenters.